The van der Waals surface area contributed by atoms with Crippen molar-refractivity contribution in [3.63, 3.8) is 0 Å². The maximum absolute atomic E-state index is 12.3. The summed E-state index contributed by atoms with van der Waals surface area (Å²) in [5, 5.41) is 2.70. The molecule has 0 spiro atoms. The van der Waals surface area contributed by atoms with Crippen molar-refractivity contribution in [1.82, 2.24) is 19.9 Å². The Labute approximate surface area is 137 Å². The molecule has 120 valence electrons. The molecule has 0 bridgehead atoms. The van der Waals surface area contributed by atoms with Gasteiger partial charge in [0, 0.05) is 35.4 Å². The van der Waals surface area contributed by atoms with Gasteiger partial charge in [-0.3, -0.25) is 19.6 Å². The van der Waals surface area contributed by atoms with E-state index in [0.29, 0.717) is 28.3 Å². The van der Waals surface area contributed by atoms with Gasteiger partial charge in [-0.2, -0.15) is 0 Å². The molecule has 0 unspecified atom stereocenters. The molecule has 7 heteroatoms. The fourth-order valence-corrected chi connectivity index (χ4v) is 2.26. The topological polar surface area (TPSA) is 101 Å². The fraction of sp³-hybridized carbons (Fsp3) is 0.118. The number of hydrogen-bond acceptors (Lipinski definition) is 5. The standard InChI is InChI=1S/C17H15N5O2/c1-11-14(8-15(23)21-13-5-3-7-19-10-13)17(24)22-16(20-11)12-4-2-6-18-9-12/h2-7,9-10H,8H2,1H3,(H,21,23)(H,20,22,24). The van der Waals surface area contributed by atoms with Crippen LogP contribution in [-0.4, -0.2) is 25.8 Å². The quantitative estimate of drug-likeness (QED) is 0.762. The van der Waals surface area contributed by atoms with Crippen molar-refractivity contribution in [2.24, 2.45) is 0 Å². The molecule has 3 aromatic heterocycles. The first-order chi connectivity index (χ1) is 11.6. The van der Waals surface area contributed by atoms with Gasteiger partial charge in [-0.05, 0) is 31.2 Å². The van der Waals surface area contributed by atoms with Crippen molar-refractivity contribution in [2.75, 3.05) is 5.32 Å². The van der Waals surface area contributed by atoms with E-state index in [1.54, 1.807) is 56.0 Å². The van der Waals surface area contributed by atoms with E-state index in [9.17, 15) is 9.59 Å². The van der Waals surface area contributed by atoms with Gasteiger partial charge in [0.25, 0.3) is 5.56 Å². The Morgan fingerprint density at radius 3 is 2.54 bits per heavy atom. The summed E-state index contributed by atoms with van der Waals surface area (Å²) >= 11 is 0. The van der Waals surface area contributed by atoms with E-state index in [-0.39, 0.29) is 17.9 Å². The largest absolute Gasteiger partial charge is 0.324 e. The molecule has 0 saturated heterocycles. The number of H-pyrrole nitrogens is 1. The van der Waals surface area contributed by atoms with E-state index >= 15 is 0 Å². The number of pyridine rings is 2. The van der Waals surface area contributed by atoms with Crippen LogP contribution in [0.15, 0.2) is 53.8 Å². The van der Waals surface area contributed by atoms with Crippen LogP contribution in [0.4, 0.5) is 5.69 Å². The Hall–Kier alpha value is -3.35. The van der Waals surface area contributed by atoms with Crippen LogP contribution in [0.3, 0.4) is 0 Å². The molecule has 3 rings (SSSR count). The highest BCUT2D eigenvalue weighted by molar-refractivity contribution is 5.92. The minimum atomic E-state index is -0.331. The number of anilines is 1. The average molecular weight is 321 g/mol. The molecule has 1 amide bonds. The van der Waals surface area contributed by atoms with Crippen LogP contribution in [0.1, 0.15) is 11.3 Å². The van der Waals surface area contributed by atoms with Gasteiger partial charge in [0.1, 0.15) is 5.82 Å². The van der Waals surface area contributed by atoms with Crippen LogP contribution in [0.5, 0.6) is 0 Å². The molecule has 0 aromatic carbocycles. The van der Waals surface area contributed by atoms with Gasteiger partial charge in [-0.25, -0.2) is 4.98 Å². The lowest BCUT2D eigenvalue weighted by atomic mass is 10.1. The summed E-state index contributed by atoms with van der Waals surface area (Å²) in [5.74, 6) is 0.134. The molecule has 2 N–H and O–H groups in total. The smallest absolute Gasteiger partial charge is 0.255 e. The first kappa shape index (κ1) is 15.5. The number of aromatic nitrogens is 4. The van der Waals surface area contributed by atoms with Crippen molar-refractivity contribution < 1.29 is 4.79 Å². The monoisotopic (exact) mass is 321 g/mol. The highest BCUT2D eigenvalue weighted by Crippen LogP contribution is 2.13. The highest BCUT2D eigenvalue weighted by atomic mass is 16.2. The van der Waals surface area contributed by atoms with E-state index in [4.69, 9.17) is 0 Å². The molecule has 0 aliphatic rings. The van der Waals surface area contributed by atoms with E-state index in [2.05, 4.69) is 25.3 Å². The number of aromatic amines is 1. The number of hydrogen-bond donors (Lipinski definition) is 2. The third-order valence-corrected chi connectivity index (χ3v) is 3.44. The average Bonchev–Trinajstić information content (AvgIpc) is 2.59. The third kappa shape index (κ3) is 3.52. The molecule has 0 aliphatic carbocycles. The summed E-state index contributed by atoms with van der Waals surface area (Å²) in [7, 11) is 0. The second-order valence-electron chi connectivity index (χ2n) is 5.19. The van der Waals surface area contributed by atoms with Gasteiger partial charge in [0.2, 0.25) is 5.91 Å². The van der Waals surface area contributed by atoms with Gasteiger partial charge >= 0.3 is 0 Å². The number of carbonyl (C=O) groups excluding carboxylic acids is 1. The van der Waals surface area contributed by atoms with Crippen LogP contribution in [-0.2, 0) is 11.2 Å². The Bertz CT molecular complexity index is 907. The molecule has 0 aliphatic heterocycles. The Morgan fingerprint density at radius 2 is 1.92 bits per heavy atom. The van der Waals surface area contributed by atoms with E-state index < -0.39 is 0 Å². The van der Waals surface area contributed by atoms with Crippen LogP contribution in [0.2, 0.25) is 0 Å². The van der Waals surface area contributed by atoms with E-state index in [1.807, 2.05) is 0 Å². The van der Waals surface area contributed by atoms with E-state index in [1.165, 1.54) is 0 Å². The van der Waals surface area contributed by atoms with Crippen LogP contribution >= 0.6 is 0 Å². The predicted molar refractivity (Wildman–Crippen MR) is 89.4 cm³/mol. The number of aryl methyl sites for hydroxylation is 1. The summed E-state index contributed by atoms with van der Waals surface area (Å²) in [6, 6.07) is 7.02. The summed E-state index contributed by atoms with van der Waals surface area (Å²) in [6.07, 6.45) is 6.36. The predicted octanol–water partition coefficient (Wildman–Crippen LogP) is 1.72. The summed E-state index contributed by atoms with van der Waals surface area (Å²) in [4.78, 5) is 39.4. The SMILES string of the molecule is Cc1nc(-c2cccnc2)[nH]c(=O)c1CC(=O)Nc1cccnc1. The number of amides is 1. The van der Waals surface area contributed by atoms with Crippen molar-refractivity contribution in [3.05, 3.63) is 70.7 Å². The van der Waals surface area contributed by atoms with Gasteiger partial charge in [-0.15, -0.1) is 0 Å². The molecule has 3 aromatic rings. The maximum Gasteiger partial charge on any atom is 0.255 e. The minimum Gasteiger partial charge on any atom is -0.324 e. The van der Waals surface area contributed by atoms with Crippen LogP contribution < -0.4 is 10.9 Å². The number of nitrogens with zero attached hydrogens (tertiary/aromatic N) is 3. The fourth-order valence-electron chi connectivity index (χ4n) is 2.26. The number of carbonyl (C=O) groups is 1. The Balaban J connectivity index is 1.82. The zero-order valence-corrected chi connectivity index (χ0v) is 13.0. The second kappa shape index (κ2) is 6.82. The Kier molecular flexibility index (Phi) is 4.42. The summed E-state index contributed by atoms with van der Waals surface area (Å²) in [6.45, 7) is 1.71. The molecular formula is C17H15N5O2. The first-order valence-corrected chi connectivity index (χ1v) is 7.33. The van der Waals surface area contributed by atoms with Gasteiger partial charge in [0.15, 0.2) is 0 Å². The van der Waals surface area contributed by atoms with Crippen molar-refractivity contribution in [1.29, 1.82) is 0 Å². The lowest BCUT2D eigenvalue weighted by molar-refractivity contribution is -0.115. The molecule has 0 radical (unpaired) electrons. The number of nitrogens with one attached hydrogen (secondary N) is 2. The van der Waals surface area contributed by atoms with Crippen molar-refractivity contribution >= 4 is 11.6 Å². The van der Waals surface area contributed by atoms with Crippen LogP contribution in [0.25, 0.3) is 11.4 Å². The molecule has 7 nitrogen and oxygen atoms in total. The zero-order chi connectivity index (χ0) is 16.9. The molecular weight excluding hydrogens is 306 g/mol. The summed E-state index contributed by atoms with van der Waals surface area (Å²) in [5.41, 5.74) is 1.81. The van der Waals surface area contributed by atoms with Crippen LogP contribution in [0, 0.1) is 6.92 Å². The highest BCUT2D eigenvalue weighted by Gasteiger charge is 2.13. The minimum absolute atomic E-state index is 0.0591. The normalized spacial score (nSPS) is 10.4. The lowest BCUT2D eigenvalue weighted by Gasteiger charge is -2.08. The third-order valence-electron chi connectivity index (χ3n) is 3.44. The molecule has 0 atom stereocenters. The van der Waals surface area contributed by atoms with E-state index in [0.717, 1.165) is 0 Å². The van der Waals surface area contributed by atoms with Gasteiger partial charge < -0.3 is 10.3 Å². The second-order valence-corrected chi connectivity index (χ2v) is 5.19. The molecule has 0 fully saturated rings. The Morgan fingerprint density at radius 1 is 1.17 bits per heavy atom. The molecule has 24 heavy (non-hydrogen) atoms. The first-order valence-electron chi connectivity index (χ1n) is 7.33. The summed E-state index contributed by atoms with van der Waals surface area (Å²) < 4.78 is 0. The van der Waals surface area contributed by atoms with Crippen molar-refractivity contribution in [2.45, 2.75) is 13.3 Å². The molecule has 0 saturated carbocycles. The molecule has 3 heterocycles. The van der Waals surface area contributed by atoms with Crippen molar-refractivity contribution in [3.8, 4) is 11.4 Å². The lowest BCUT2D eigenvalue weighted by Crippen LogP contribution is -2.23. The van der Waals surface area contributed by atoms with Gasteiger partial charge in [-0.1, -0.05) is 0 Å². The zero-order valence-electron chi connectivity index (χ0n) is 13.0. The van der Waals surface area contributed by atoms with Gasteiger partial charge in [0.05, 0.1) is 18.3 Å². The number of rotatable bonds is 4. The maximum atomic E-state index is 12.3.